The second-order valence-corrected chi connectivity index (χ2v) is 7.58. The molecular weight excluding hydrogens is 310 g/mol. The van der Waals surface area contributed by atoms with E-state index < -0.39 is 11.0 Å². The Hall–Kier alpha value is -2.05. The molecule has 1 spiro atoms. The van der Waals surface area contributed by atoms with Gasteiger partial charge in [0, 0.05) is 6.04 Å². The van der Waals surface area contributed by atoms with E-state index in [4.69, 9.17) is 4.74 Å². The van der Waals surface area contributed by atoms with Gasteiger partial charge in [0.2, 0.25) is 17.4 Å². The van der Waals surface area contributed by atoms with Crippen LogP contribution < -0.4 is 10.6 Å². The molecule has 4 rings (SSSR count). The van der Waals surface area contributed by atoms with Gasteiger partial charge in [-0.05, 0) is 46.0 Å². The van der Waals surface area contributed by atoms with E-state index >= 15 is 0 Å². The van der Waals surface area contributed by atoms with Gasteiger partial charge in [0.15, 0.2) is 0 Å². The van der Waals surface area contributed by atoms with Crippen molar-refractivity contribution in [2.45, 2.75) is 57.6 Å². The van der Waals surface area contributed by atoms with E-state index in [1.807, 2.05) is 0 Å². The Morgan fingerprint density at radius 1 is 1.25 bits per heavy atom. The van der Waals surface area contributed by atoms with Crippen molar-refractivity contribution in [3.63, 3.8) is 0 Å². The number of hydrogen-bond acceptors (Lipinski definition) is 4. The van der Waals surface area contributed by atoms with Gasteiger partial charge in [0.05, 0.1) is 18.8 Å². The average Bonchev–Trinajstić information content (AvgIpc) is 3.25. The normalized spacial score (nSPS) is 26.9. The van der Waals surface area contributed by atoms with Crippen molar-refractivity contribution in [1.29, 1.82) is 0 Å². The predicted octanol–water partition coefficient (Wildman–Crippen LogP) is 0.414. The molecule has 0 atom stereocenters. The van der Waals surface area contributed by atoms with Crippen molar-refractivity contribution in [2.75, 3.05) is 13.1 Å². The SMILES string of the molecule is CC1=C(C)OC2(CN(C(=O)C3(C(=O)NC4CCC4)CC3)C2)C(=O)N1. The van der Waals surface area contributed by atoms with E-state index in [-0.39, 0.29) is 36.9 Å². The zero-order chi connectivity index (χ0) is 17.1. The van der Waals surface area contributed by atoms with Crippen molar-refractivity contribution in [3.05, 3.63) is 11.5 Å². The molecule has 0 aromatic rings. The molecule has 1 saturated heterocycles. The predicted molar refractivity (Wildman–Crippen MR) is 84.4 cm³/mol. The number of ether oxygens (including phenoxy) is 1. The number of carbonyl (C=O) groups is 3. The monoisotopic (exact) mass is 333 g/mol. The van der Waals surface area contributed by atoms with Crippen molar-refractivity contribution in [3.8, 4) is 0 Å². The summed E-state index contributed by atoms with van der Waals surface area (Å²) in [5.74, 6) is 0.160. The van der Waals surface area contributed by atoms with Crippen molar-refractivity contribution in [1.82, 2.24) is 15.5 Å². The third-order valence-electron chi connectivity index (χ3n) is 5.81. The summed E-state index contributed by atoms with van der Waals surface area (Å²) < 4.78 is 5.77. The third-order valence-corrected chi connectivity index (χ3v) is 5.81. The van der Waals surface area contributed by atoms with Crippen molar-refractivity contribution < 1.29 is 19.1 Å². The fraction of sp³-hybridized carbons (Fsp3) is 0.706. The third kappa shape index (κ3) is 2.13. The average molecular weight is 333 g/mol. The quantitative estimate of drug-likeness (QED) is 0.733. The second kappa shape index (κ2) is 4.97. The van der Waals surface area contributed by atoms with Crippen LogP contribution in [0.25, 0.3) is 0 Å². The van der Waals surface area contributed by atoms with Gasteiger partial charge in [-0.3, -0.25) is 14.4 Å². The summed E-state index contributed by atoms with van der Waals surface area (Å²) in [6.45, 7) is 4.00. The lowest BCUT2D eigenvalue weighted by atomic mass is 9.88. The Morgan fingerprint density at radius 3 is 2.46 bits per heavy atom. The molecule has 4 aliphatic rings. The Bertz CT molecular complexity index is 655. The summed E-state index contributed by atoms with van der Waals surface area (Å²) >= 11 is 0. The highest BCUT2D eigenvalue weighted by molar-refractivity contribution is 6.09. The molecule has 7 nitrogen and oxygen atoms in total. The van der Waals surface area contributed by atoms with E-state index in [0.29, 0.717) is 24.3 Å². The van der Waals surface area contributed by atoms with Crippen LogP contribution in [0.5, 0.6) is 0 Å². The summed E-state index contributed by atoms with van der Waals surface area (Å²) in [5.41, 5.74) is -1.18. The molecule has 0 unspecified atom stereocenters. The first-order valence-electron chi connectivity index (χ1n) is 8.65. The largest absolute Gasteiger partial charge is 0.476 e. The molecule has 130 valence electrons. The van der Waals surface area contributed by atoms with Crippen LogP contribution in [0, 0.1) is 5.41 Å². The number of rotatable bonds is 3. The van der Waals surface area contributed by atoms with Crippen molar-refractivity contribution in [2.24, 2.45) is 5.41 Å². The fourth-order valence-electron chi connectivity index (χ4n) is 3.55. The Labute approximate surface area is 140 Å². The van der Waals surface area contributed by atoms with Crippen molar-refractivity contribution >= 4 is 17.7 Å². The van der Waals surface area contributed by atoms with E-state index in [1.54, 1.807) is 18.7 Å². The van der Waals surface area contributed by atoms with Gasteiger partial charge in [-0.1, -0.05) is 0 Å². The number of nitrogens with zero attached hydrogens (tertiary/aromatic N) is 1. The minimum Gasteiger partial charge on any atom is -0.476 e. The Kier molecular flexibility index (Phi) is 3.21. The first kappa shape index (κ1) is 15.5. The van der Waals surface area contributed by atoms with Gasteiger partial charge in [-0.15, -0.1) is 0 Å². The molecule has 3 amide bonds. The Balaban J connectivity index is 1.41. The highest BCUT2D eigenvalue weighted by atomic mass is 16.5. The first-order chi connectivity index (χ1) is 11.4. The van der Waals surface area contributed by atoms with Gasteiger partial charge in [0.1, 0.15) is 11.2 Å². The summed E-state index contributed by atoms with van der Waals surface area (Å²) in [7, 11) is 0. The lowest BCUT2D eigenvalue weighted by Crippen LogP contribution is -2.73. The lowest BCUT2D eigenvalue weighted by Gasteiger charge is -2.50. The van der Waals surface area contributed by atoms with Crippen LogP contribution in [-0.4, -0.2) is 47.4 Å². The molecular formula is C17H23N3O4. The van der Waals surface area contributed by atoms with Crippen LogP contribution in [0.2, 0.25) is 0 Å². The molecule has 0 bridgehead atoms. The molecule has 0 radical (unpaired) electrons. The standard InChI is InChI=1S/C17H23N3O4/c1-10-11(2)24-17(14(22)18-10)8-20(9-17)15(23)16(6-7-16)13(21)19-12-4-3-5-12/h12H,3-9H2,1-2H3,(H,18,22)(H,19,21). The van der Waals surface area contributed by atoms with Crippen LogP contribution in [0.15, 0.2) is 11.5 Å². The topological polar surface area (TPSA) is 87.7 Å². The number of allylic oxidation sites excluding steroid dienone is 2. The van der Waals surface area contributed by atoms with E-state index in [9.17, 15) is 14.4 Å². The highest BCUT2D eigenvalue weighted by Gasteiger charge is 2.64. The number of amides is 3. The molecule has 0 aromatic heterocycles. The maximum atomic E-state index is 12.8. The van der Waals surface area contributed by atoms with Crippen LogP contribution in [0.1, 0.15) is 46.0 Å². The van der Waals surface area contributed by atoms with Crippen LogP contribution in [-0.2, 0) is 19.1 Å². The van der Waals surface area contributed by atoms with Gasteiger partial charge >= 0.3 is 0 Å². The summed E-state index contributed by atoms with van der Waals surface area (Å²) in [4.78, 5) is 39.1. The fourth-order valence-corrected chi connectivity index (χ4v) is 3.55. The first-order valence-corrected chi connectivity index (χ1v) is 8.65. The number of carbonyl (C=O) groups excluding carboxylic acids is 3. The van der Waals surface area contributed by atoms with Gasteiger partial charge in [-0.25, -0.2) is 0 Å². The number of hydrogen-bond donors (Lipinski definition) is 2. The van der Waals surface area contributed by atoms with Gasteiger partial charge in [0.25, 0.3) is 5.91 Å². The van der Waals surface area contributed by atoms with E-state index in [0.717, 1.165) is 19.3 Å². The molecule has 2 saturated carbocycles. The zero-order valence-corrected chi connectivity index (χ0v) is 14.1. The van der Waals surface area contributed by atoms with Crippen LogP contribution in [0.3, 0.4) is 0 Å². The maximum absolute atomic E-state index is 12.8. The smallest absolute Gasteiger partial charge is 0.272 e. The molecule has 0 aromatic carbocycles. The molecule has 2 N–H and O–H groups in total. The number of nitrogens with one attached hydrogen (secondary N) is 2. The van der Waals surface area contributed by atoms with Gasteiger partial charge in [-0.2, -0.15) is 0 Å². The molecule has 2 heterocycles. The second-order valence-electron chi connectivity index (χ2n) is 7.58. The minimum atomic E-state index is -0.986. The lowest BCUT2D eigenvalue weighted by molar-refractivity contribution is -0.178. The summed E-state index contributed by atoms with van der Waals surface area (Å²) in [6.07, 6.45) is 4.33. The zero-order valence-electron chi connectivity index (χ0n) is 14.1. The number of likely N-dealkylation sites (tertiary alicyclic amines) is 1. The van der Waals surface area contributed by atoms with Gasteiger partial charge < -0.3 is 20.3 Å². The molecule has 2 aliphatic heterocycles. The summed E-state index contributed by atoms with van der Waals surface area (Å²) in [5, 5.41) is 5.79. The maximum Gasteiger partial charge on any atom is 0.272 e. The molecule has 7 heteroatoms. The van der Waals surface area contributed by atoms with E-state index in [2.05, 4.69) is 10.6 Å². The molecule has 2 aliphatic carbocycles. The molecule has 24 heavy (non-hydrogen) atoms. The van der Waals surface area contributed by atoms with Crippen LogP contribution >= 0.6 is 0 Å². The molecule has 3 fully saturated rings. The minimum absolute atomic E-state index is 0.140. The van der Waals surface area contributed by atoms with Crippen LogP contribution in [0.4, 0.5) is 0 Å². The highest BCUT2D eigenvalue weighted by Crippen LogP contribution is 2.49. The summed E-state index contributed by atoms with van der Waals surface area (Å²) in [6, 6.07) is 0.230. The Morgan fingerprint density at radius 2 is 1.92 bits per heavy atom. The van der Waals surface area contributed by atoms with E-state index in [1.165, 1.54) is 0 Å².